The maximum atomic E-state index is 13.0. The van der Waals surface area contributed by atoms with Crippen LogP contribution < -0.4 is 15.0 Å². The monoisotopic (exact) mass is 581 g/mol. The van der Waals surface area contributed by atoms with Gasteiger partial charge in [0.25, 0.3) is 11.8 Å². The number of fused-ring (bicyclic) bond motifs is 2. The molecule has 6 rings (SSSR count). The highest BCUT2D eigenvalue weighted by atomic mass is 16.5. The van der Waals surface area contributed by atoms with E-state index in [9.17, 15) is 19.2 Å². The molecule has 2 aromatic carbocycles. The minimum absolute atomic E-state index is 0.0724. The summed E-state index contributed by atoms with van der Waals surface area (Å²) in [5.74, 6) is -1.75. The molecule has 2 aliphatic rings. The average molecular weight is 582 g/mol. The summed E-state index contributed by atoms with van der Waals surface area (Å²) in [4.78, 5) is 57.3. The number of piperidine rings is 1. The lowest BCUT2D eigenvalue weighted by molar-refractivity contribution is -0.136. The van der Waals surface area contributed by atoms with Crippen LogP contribution in [0.15, 0.2) is 67.0 Å². The first-order valence-corrected chi connectivity index (χ1v) is 14.1. The normalized spacial score (nSPS) is 16.5. The van der Waals surface area contributed by atoms with Crippen molar-refractivity contribution in [3.05, 3.63) is 83.7 Å². The van der Waals surface area contributed by atoms with Crippen LogP contribution in [0, 0.1) is 6.92 Å². The molecule has 4 aromatic rings. The molecule has 1 fully saturated rings. The molecule has 2 aromatic heterocycles. The van der Waals surface area contributed by atoms with Crippen LogP contribution in [0.1, 0.15) is 39.1 Å². The minimum Gasteiger partial charge on any atom is -0.491 e. The molecule has 1 atom stereocenters. The SMILES string of the molecule is Cc1ccc(-c2cn3ccc(N(C)CCOCCOc4ccc5c(c4)C(=O)N(C4CCC(=O)NC4=O)C5=O)cc3n2)cc1. The van der Waals surface area contributed by atoms with Gasteiger partial charge in [-0.25, -0.2) is 4.98 Å². The smallest absolute Gasteiger partial charge is 0.262 e. The molecule has 1 N–H and O–H groups in total. The quantitative estimate of drug-likeness (QED) is 0.224. The number of carbonyl (C=O) groups excluding carboxylic acids is 4. The number of likely N-dealkylation sites (N-methyl/N-ethyl adjacent to an activating group) is 1. The van der Waals surface area contributed by atoms with Gasteiger partial charge in [-0.2, -0.15) is 0 Å². The summed E-state index contributed by atoms with van der Waals surface area (Å²) in [6.07, 6.45) is 4.21. The van der Waals surface area contributed by atoms with E-state index in [2.05, 4.69) is 41.4 Å². The molecule has 0 saturated carbocycles. The van der Waals surface area contributed by atoms with Crippen LogP contribution in [0.3, 0.4) is 0 Å². The molecule has 4 heterocycles. The second-order valence-electron chi connectivity index (χ2n) is 10.7. The molecule has 220 valence electrons. The third kappa shape index (κ3) is 5.71. The average Bonchev–Trinajstić information content (AvgIpc) is 3.53. The summed E-state index contributed by atoms with van der Waals surface area (Å²) in [6.45, 7) is 3.79. The second-order valence-corrected chi connectivity index (χ2v) is 10.7. The third-order valence-electron chi connectivity index (χ3n) is 7.71. The molecule has 1 unspecified atom stereocenters. The lowest BCUT2D eigenvalue weighted by atomic mass is 10.0. The fraction of sp³-hybridized carbons (Fsp3) is 0.281. The van der Waals surface area contributed by atoms with Gasteiger partial charge < -0.3 is 18.8 Å². The van der Waals surface area contributed by atoms with E-state index in [1.54, 1.807) is 6.07 Å². The van der Waals surface area contributed by atoms with Crippen molar-refractivity contribution in [2.75, 3.05) is 38.3 Å². The number of aromatic nitrogens is 2. The van der Waals surface area contributed by atoms with Crippen LogP contribution >= 0.6 is 0 Å². The largest absolute Gasteiger partial charge is 0.491 e. The van der Waals surface area contributed by atoms with Gasteiger partial charge in [0.15, 0.2) is 0 Å². The van der Waals surface area contributed by atoms with Gasteiger partial charge in [0, 0.05) is 49.7 Å². The predicted octanol–water partition coefficient (Wildman–Crippen LogP) is 3.24. The lowest BCUT2D eigenvalue weighted by Gasteiger charge is -2.27. The highest BCUT2D eigenvalue weighted by molar-refractivity contribution is 6.23. The number of ether oxygens (including phenoxy) is 2. The Kier molecular flexibility index (Phi) is 7.64. The Hall–Kier alpha value is -5.03. The van der Waals surface area contributed by atoms with Crippen LogP contribution in [0.4, 0.5) is 5.69 Å². The number of imide groups is 2. The number of carbonyl (C=O) groups is 4. The zero-order chi connectivity index (χ0) is 30.1. The van der Waals surface area contributed by atoms with Crippen molar-refractivity contribution in [2.24, 2.45) is 0 Å². The number of pyridine rings is 1. The number of rotatable bonds is 10. The van der Waals surface area contributed by atoms with Gasteiger partial charge in [0.2, 0.25) is 11.8 Å². The number of aryl methyl sites for hydroxylation is 1. The van der Waals surface area contributed by atoms with Crippen LogP contribution in [0.2, 0.25) is 0 Å². The molecular formula is C32H31N5O6. The summed E-state index contributed by atoms with van der Waals surface area (Å²) in [7, 11) is 2.00. The van der Waals surface area contributed by atoms with Crippen molar-refractivity contribution in [3.63, 3.8) is 0 Å². The highest BCUT2D eigenvalue weighted by Crippen LogP contribution is 2.30. The molecule has 11 nitrogen and oxygen atoms in total. The van der Waals surface area contributed by atoms with E-state index in [4.69, 9.17) is 14.5 Å². The van der Waals surface area contributed by atoms with E-state index in [1.165, 1.54) is 17.7 Å². The zero-order valence-corrected chi connectivity index (χ0v) is 23.9. The molecule has 0 aliphatic carbocycles. The molecule has 0 radical (unpaired) electrons. The van der Waals surface area contributed by atoms with E-state index in [-0.39, 0.29) is 30.6 Å². The third-order valence-corrected chi connectivity index (χ3v) is 7.71. The first-order valence-electron chi connectivity index (χ1n) is 14.1. The molecule has 4 amide bonds. The first-order chi connectivity index (χ1) is 20.8. The van der Waals surface area contributed by atoms with Gasteiger partial charge >= 0.3 is 0 Å². The van der Waals surface area contributed by atoms with Crippen LogP contribution in [0.25, 0.3) is 16.9 Å². The van der Waals surface area contributed by atoms with Crippen molar-refractivity contribution in [1.29, 1.82) is 0 Å². The Morgan fingerprint density at radius 2 is 1.74 bits per heavy atom. The molecule has 0 spiro atoms. The lowest BCUT2D eigenvalue weighted by Crippen LogP contribution is -2.54. The maximum Gasteiger partial charge on any atom is 0.262 e. The second kappa shape index (κ2) is 11.7. The van der Waals surface area contributed by atoms with Crippen molar-refractivity contribution in [1.82, 2.24) is 19.6 Å². The molecule has 43 heavy (non-hydrogen) atoms. The number of amides is 4. The van der Waals surface area contributed by atoms with Gasteiger partial charge in [-0.15, -0.1) is 0 Å². The number of hydrogen-bond acceptors (Lipinski definition) is 8. The van der Waals surface area contributed by atoms with E-state index in [0.717, 1.165) is 27.5 Å². The van der Waals surface area contributed by atoms with Crippen molar-refractivity contribution < 1.29 is 28.7 Å². The molecule has 0 bridgehead atoms. The maximum absolute atomic E-state index is 13.0. The van der Waals surface area contributed by atoms with Gasteiger partial charge in [-0.3, -0.25) is 29.4 Å². The van der Waals surface area contributed by atoms with E-state index < -0.39 is 29.7 Å². The van der Waals surface area contributed by atoms with Gasteiger partial charge in [0.05, 0.1) is 30.0 Å². The van der Waals surface area contributed by atoms with E-state index >= 15 is 0 Å². The van der Waals surface area contributed by atoms with Crippen molar-refractivity contribution >= 4 is 35.0 Å². The van der Waals surface area contributed by atoms with Crippen molar-refractivity contribution in [3.8, 4) is 17.0 Å². The molecule has 11 heteroatoms. The van der Waals surface area contributed by atoms with Gasteiger partial charge in [0.1, 0.15) is 24.0 Å². The summed E-state index contributed by atoms with van der Waals surface area (Å²) in [5.41, 5.74) is 5.49. The Labute approximate surface area is 248 Å². The zero-order valence-electron chi connectivity index (χ0n) is 23.9. The Morgan fingerprint density at radius 1 is 0.953 bits per heavy atom. The van der Waals surface area contributed by atoms with Gasteiger partial charge in [-0.1, -0.05) is 29.8 Å². The predicted molar refractivity (Wildman–Crippen MR) is 158 cm³/mol. The fourth-order valence-corrected chi connectivity index (χ4v) is 5.26. The van der Waals surface area contributed by atoms with Crippen LogP contribution in [-0.4, -0.2) is 77.4 Å². The summed E-state index contributed by atoms with van der Waals surface area (Å²) >= 11 is 0. The number of hydrogen-bond donors (Lipinski definition) is 1. The highest BCUT2D eigenvalue weighted by Gasteiger charge is 2.44. The van der Waals surface area contributed by atoms with Gasteiger partial charge in [-0.05, 0) is 37.6 Å². The fourth-order valence-electron chi connectivity index (χ4n) is 5.26. The number of anilines is 1. The van der Waals surface area contributed by atoms with Crippen LogP contribution in [-0.2, 0) is 14.3 Å². The number of nitrogens with one attached hydrogen (secondary N) is 1. The van der Waals surface area contributed by atoms with E-state index in [1.807, 2.05) is 36.0 Å². The topological polar surface area (TPSA) is 123 Å². The van der Waals surface area contributed by atoms with Crippen LogP contribution in [0.5, 0.6) is 5.75 Å². The molecule has 1 saturated heterocycles. The minimum atomic E-state index is -1.00. The number of nitrogens with zero attached hydrogens (tertiary/aromatic N) is 4. The number of imidazole rings is 1. The Morgan fingerprint density at radius 3 is 2.53 bits per heavy atom. The Balaban J connectivity index is 0.975. The Bertz CT molecular complexity index is 1730. The summed E-state index contributed by atoms with van der Waals surface area (Å²) in [5, 5.41) is 2.19. The summed E-state index contributed by atoms with van der Waals surface area (Å²) in [6, 6.07) is 16.0. The summed E-state index contributed by atoms with van der Waals surface area (Å²) < 4.78 is 13.5. The molecular weight excluding hydrogens is 550 g/mol. The first kappa shape index (κ1) is 28.1. The standard InChI is InChI=1S/C32H31N5O6/c1-20-3-5-21(6-4-20)26-19-36-12-11-22(17-28(36)33-26)35(2)13-14-42-15-16-43-23-7-8-24-25(18-23)32(41)37(31(24)40)27-9-10-29(38)34-30(27)39/h3-8,11-12,17-19,27H,9-10,13-16H2,1-2H3,(H,34,38,39). The molecule has 2 aliphatic heterocycles. The van der Waals surface area contributed by atoms with Crippen molar-refractivity contribution in [2.45, 2.75) is 25.8 Å². The van der Waals surface area contributed by atoms with E-state index in [0.29, 0.717) is 25.5 Å². The number of benzene rings is 2.